The largest absolute Gasteiger partial charge is 0.408 e. The number of hydrogen-bond acceptors (Lipinski definition) is 6. The van der Waals surface area contributed by atoms with Crippen LogP contribution >= 0.6 is 0 Å². The molecule has 2 rings (SSSR count). The topological polar surface area (TPSA) is 83.0 Å². The molecule has 0 aliphatic heterocycles. The van der Waals surface area contributed by atoms with E-state index in [-0.39, 0.29) is 35.8 Å². The highest BCUT2D eigenvalue weighted by Gasteiger charge is 2.36. The predicted octanol–water partition coefficient (Wildman–Crippen LogP) is 3.28. The SMILES string of the molecule is CC(C)Nc1nc(N[C@@H](C)C(F)(F)F)nc(C2=C(F)C(O)CCC2)n1. The van der Waals surface area contributed by atoms with Gasteiger partial charge in [0.25, 0.3) is 0 Å². The summed E-state index contributed by atoms with van der Waals surface area (Å²) in [6.07, 6.45) is -4.61. The van der Waals surface area contributed by atoms with E-state index in [0.29, 0.717) is 12.8 Å². The lowest BCUT2D eigenvalue weighted by Crippen LogP contribution is -2.34. The summed E-state index contributed by atoms with van der Waals surface area (Å²) in [4.78, 5) is 11.9. The van der Waals surface area contributed by atoms with E-state index in [0.717, 1.165) is 6.92 Å². The number of halogens is 4. The molecule has 140 valence electrons. The monoisotopic (exact) mass is 363 g/mol. The first-order valence-corrected chi connectivity index (χ1v) is 8.00. The highest BCUT2D eigenvalue weighted by atomic mass is 19.4. The highest BCUT2D eigenvalue weighted by molar-refractivity contribution is 5.65. The minimum Gasteiger partial charge on any atom is -0.386 e. The van der Waals surface area contributed by atoms with Gasteiger partial charge in [-0.2, -0.15) is 28.1 Å². The fourth-order valence-corrected chi connectivity index (χ4v) is 2.31. The second-order valence-electron chi connectivity index (χ2n) is 6.25. The lowest BCUT2D eigenvalue weighted by atomic mass is 9.96. The summed E-state index contributed by atoms with van der Waals surface area (Å²) in [5.41, 5.74) is 0.0932. The molecule has 1 heterocycles. The van der Waals surface area contributed by atoms with E-state index >= 15 is 0 Å². The molecule has 0 saturated carbocycles. The van der Waals surface area contributed by atoms with E-state index in [1.54, 1.807) is 13.8 Å². The van der Waals surface area contributed by atoms with Crippen molar-refractivity contribution in [3.05, 3.63) is 11.7 Å². The van der Waals surface area contributed by atoms with E-state index in [1.807, 2.05) is 0 Å². The van der Waals surface area contributed by atoms with Crippen molar-refractivity contribution in [1.82, 2.24) is 15.0 Å². The lowest BCUT2D eigenvalue weighted by Gasteiger charge is -2.21. The maximum Gasteiger partial charge on any atom is 0.408 e. The number of allylic oxidation sites excluding steroid dienone is 1. The standard InChI is InChI=1S/C15H21F4N5O/c1-7(2)20-13-22-12(9-5-4-6-10(25)11(9)16)23-14(24-13)21-8(3)15(17,18)19/h7-8,10,25H,4-6H2,1-3H3,(H2,20,21,22,23,24)/t8-,10?/m0/s1. The average molecular weight is 363 g/mol. The van der Waals surface area contributed by atoms with Crippen LogP contribution in [0.5, 0.6) is 0 Å². The van der Waals surface area contributed by atoms with Crippen molar-refractivity contribution in [1.29, 1.82) is 0 Å². The molecule has 0 spiro atoms. The molecule has 0 saturated heterocycles. The first kappa shape index (κ1) is 19.4. The maximum absolute atomic E-state index is 14.2. The highest BCUT2D eigenvalue weighted by Crippen LogP contribution is 2.32. The van der Waals surface area contributed by atoms with Crippen molar-refractivity contribution in [2.75, 3.05) is 10.6 Å². The summed E-state index contributed by atoms with van der Waals surface area (Å²) < 4.78 is 52.5. The fraction of sp³-hybridized carbons (Fsp3) is 0.667. The molecule has 25 heavy (non-hydrogen) atoms. The fourth-order valence-electron chi connectivity index (χ4n) is 2.31. The van der Waals surface area contributed by atoms with Crippen molar-refractivity contribution in [3.8, 4) is 0 Å². The Morgan fingerprint density at radius 3 is 2.24 bits per heavy atom. The van der Waals surface area contributed by atoms with E-state index in [1.165, 1.54) is 0 Å². The quantitative estimate of drug-likeness (QED) is 0.697. The number of aliphatic hydroxyl groups excluding tert-OH is 1. The van der Waals surface area contributed by atoms with E-state index in [9.17, 15) is 22.7 Å². The zero-order valence-corrected chi connectivity index (χ0v) is 14.2. The normalized spacial score (nSPS) is 20.0. The minimum absolute atomic E-state index is 0.0391. The summed E-state index contributed by atoms with van der Waals surface area (Å²) in [7, 11) is 0. The summed E-state index contributed by atoms with van der Waals surface area (Å²) in [6.45, 7) is 4.54. The number of alkyl halides is 3. The molecule has 1 unspecified atom stereocenters. The van der Waals surface area contributed by atoms with E-state index in [4.69, 9.17) is 0 Å². The van der Waals surface area contributed by atoms with Gasteiger partial charge >= 0.3 is 6.18 Å². The third-order valence-electron chi connectivity index (χ3n) is 3.64. The smallest absolute Gasteiger partial charge is 0.386 e. The number of aromatic nitrogens is 3. The molecule has 3 N–H and O–H groups in total. The van der Waals surface area contributed by atoms with Crippen LogP contribution in [0.4, 0.5) is 29.5 Å². The van der Waals surface area contributed by atoms with Crippen LogP contribution < -0.4 is 10.6 Å². The molecule has 1 aliphatic carbocycles. The van der Waals surface area contributed by atoms with Crippen LogP contribution in [0.2, 0.25) is 0 Å². The van der Waals surface area contributed by atoms with E-state index < -0.39 is 24.1 Å². The molecule has 6 nitrogen and oxygen atoms in total. The van der Waals surface area contributed by atoms with Crippen molar-refractivity contribution >= 4 is 17.5 Å². The van der Waals surface area contributed by atoms with Gasteiger partial charge in [0.15, 0.2) is 5.82 Å². The molecular formula is C15H21F4N5O. The molecule has 0 radical (unpaired) electrons. The van der Waals surface area contributed by atoms with Crippen LogP contribution in [0.3, 0.4) is 0 Å². The second-order valence-corrected chi connectivity index (χ2v) is 6.25. The van der Waals surface area contributed by atoms with Gasteiger partial charge in [0.05, 0.1) is 0 Å². The molecule has 1 aromatic heterocycles. The zero-order valence-electron chi connectivity index (χ0n) is 14.2. The number of rotatable bonds is 5. The number of aliphatic hydroxyl groups is 1. The van der Waals surface area contributed by atoms with Crippen molar-refractivity contribution in [3.63, 3.8) is 0 Å². The Labute approximate surface area is 142 Å². The van der Waals surface area contributed by atoms with Gasteiger partial charge < -0.3 is 15.7 Å². The Morgan fingerprint density at radius 2 is 1.68 bits per heavy atom. The van der Waals surface area contributed by atoms with Crippen LogP contribution in [-0.2, 0) is 0 Å². The molecule has 0 bridgehead atoms. The van der Waals surface area contributed by atoms with Gasteiger partial charge in [0.2, 0.25) is 11.9 Å². The molecule has 2 atom stereocenters. The van der Waals surface area contributed by atoms with Crippen LogP contribution in [0.25, 0.3) is 5.57 Å². The van der Waals surface area contributed by atoms with Gasteiger partial charge in [0.1, 0.15) is 18.0 Å². The van der Waals surface area contributed by atoms with Gasteiger partial charge in [-0.1, -0.05) is 0 Å². The lowest BCUT2D eigenvalue weighted by molar-refractivity contribution is -0.138. The van der Waals surface area contributed by atoms with Crippen LogP contribution in [0, 0.1) is 0 Å². The first-order valence-electron chi connectivity index (χ1n) is 8.00. The maximum atomic E-state index is 14.2. The third kappa shape index (κ3) is 5.00. The second kappa shape index (κ2) is 7.51. The Kier molecular flexibility index (Phi) is 5.81. The summed E-state index contributed by atoms with van der Waals surface area (Å²) in [5.74, 6) is -1.09. The Bertz CT molecular complexity index is 647. The van der Waals surface area contributed by atoms with Gasteiger partial charge in [-0.3, -0.25) is 0 Å². The summed E-state index contributed by atoms with van der Waals surface area (Å²) in [5, 5.41) is 14.7. The van der Waals surface area contributed by atoms with Gasteiger partial charge in [-0.05, 0) is 40.0 Å². The van der Waals surface area contributed by atoms with Crippen LogP contribution in [0.1, 0.15) is 45.9 Å². The summed E-state index contributed by atoms with van der Waals surface area (Å²) >= 11 is 0. The first-order chi connectivity index (χ1) is 11.6. The van der Waals surface area contributed by atoms with Crippen molar-refractivity contribution in [2.24, 2.45) is 0 Å². The van der Waals surface area contributed by atoms with Crippen molar-refractivity contribution < 1.29 is 22.7 Å². The molecule has 1 aromatic rings. The Morgan fingerprint density at radius 1 is 1.08 bits per heavy atom. The molecule has 1 aliphatic rings. The number of hydrogen-bond donors (Lipinski definition) is 3. The van der Waals surface area contributed by atoms with Crippen molar-refractivity contribution in [2.45, 2.75) is 64.4 Å². The molecule has 0 amide bonds. The molecule has 0 fully saturated rings. The third-order valence-corrected chi connectivity index (χ3v) is 3.64. The van der Waals surface area contributed by atoms with Crippen LogP contribution in [0.15, 0.2) is 5.83 Å². The van der Waals surface area contributed by atoms with Gasteiger partial charge in [-0.15, -0.1) is 0 Å². The Balaban J connectivity index is 2.42. The van der Waals surface area contributed by atoms with Gasteiger partial charge in [-0.25, -0.2) is 4.39 Å². The van der Waals surface area contributed by atoms with E-state index in [2.05, 4.69) is 25.6 Å². The molecule has 0 aromatic carbocycles. The number of nitrogens with one attached hydrogen (secondary N) is 2. The predicted molar refractivity (Wildman–Crippen MR) is 85.6 cm³/mol. The molecule has 10 heteroatoms. The van der Waals surface area contributed by atoms with Gasteiger partial charge in [0, 0.05) is 11.6 Å². The minimum atomic E-state index is -4.48. The number of anilines is 2. The number of nitrogens with zero attached hydrogens (tertiary/aromatic N) is 3. The van der Waals surface area contributed by atoms with Crippen LogP contribution in [-0.4, -0.2) is 44.4 Å². The molecular weight excluding hydrogens is 342 g/mol. The Hall–Kier alpha value is -1.97. The average Bonchev–Trinajstić information content (AvgIpc) is 2.48. The zero-order chi connectivity index (χ0) is 18.8. The summed E-state index contributed by atoms with van der Waals surface area (Å²) in [6, 6.07) is -1.97.